The maximum absolute atomic E-state index is 5.82. The molecule has 0 saturated heterocycles. The lowest BCUT2D eigenvalue weighted by Gasteiger charge is -2.09. The Morgan fingerprint density at radius 1 is 1.27 bits per heavy atom. The Morgan fingerprint density at radius 3 is 2.45 bits per heavy atom. The molecule has 1 aromatic rings. The molecule has 0 aromatic heterocycles. The monoisotopic (exact) mass is 150 g/mol. The average molecular weight is 150 g/mol. The van der Waals surface area contributed by atoms with Gasteiger partial charge in [-0.15, -0.1) is 0 Å². The molecule has 0 bridgehead atoms. The number of hydrogen-bond acceptors (Lipinski definition) is 2. The van der Waals surface area contributed by atoms with E-state index in [0.29, 0.717) is 0 Å². The van der Waals surface area contributed by atoms with Crippen LogP contribution in [0.1, 0.15) is 11.1 Å². The smallest absolute Gasteiger partial charge is 0.0394 e. The topological polar surface area (TPSA) is 38.0 Å². The van der Waals surface area contributed by atoms with E-state index in [1.165, 1.54) is 0 Å². The first-order chi connectivity index (χ1) is 5.16. The van der Waals surface area contributed by atoms with Crippen molar-refractivity contribution < 1.29 is 0 Å². The Labute approximate surface area is 67.4 Å². The molecule has 0 radical (unpaired) electrons. The summed E-state index contributed by atoms with van der Waals surface area (Å²) in [5.74, 6) is 0. The van der Waals surface area contributed by atoms with Crippen molar-refractivity contribution in [3.8, 4) is 0 Å². The SMILES string of the molecule is CNc1ccc(C)c(N)c1C. The van der Waals surface area contributed by atoms with Gasteiger partial charge in [0, 0.05) is 18.4 Å². The Bertz CT molecular complexity index is 267. The molecule has 2 heteroatoms. The van der Waals surface area contributed by atoms with Crippen molar-refractivity contribution in [2.24, 2.45) is 0 Å². The highest BCUT2D eigenvalue weighted by atomic mass is 14.8. The highest BCUT2D eigenvalue weighted by Gasteiger charge is 2.01. The first-order valence-corrected chi connectivity index (χ1v) is 3.70. The summed E-state index contributed by atoms with van der Waals surface area (Å²) in [4.78, 5) is 0. The first kappa shape index (κ1) is 7.92. The molecule has 0 aliphatic carbocycles. The first-order valence-electron chi connectivity index (χ1n) is 3.70. The van der Waals surface area contributed by atoms with Crippen LogP contribution in [0.25, 0.3) is 0 Å². The van der Waals surface area contributed by atoms with Crippen LogP contribution in [-0.2, 0) is 0 Å². The Balaban J connectivity index is 3.25. The molecule has 3 N–H and O–H groups in total. The lowest BCUT2D eigenvalue weighted by molar-refractivity contribution is 1.36. The van der Waals surface area contributed by atoms with Crippen LogP contribution in [0, 0.1) is 13.8 Å². The molecular formula is C9H14N2. The maximum Gasteiger partial charge on any atom is 0.0394 e. The van der Waals surface area contributed by atoms with Crippen molar-refractivity contribution in [2.45, 2.75) is 13.8 Å². The van der Waals surface area contributed by atoms with Gasteiger partial charge in [0.1, 0.15) is 0 Å². The van der Waals surface area contributed by atoms with Crippen LogP contribution in [0.5, 0.6) is 0 Å². The molecule has 1 rings (SSSR count). The van der Waals surface area contributed by atoms with E-state index in [2.05, 4.69) is 5.32 Å². The fourth-order valence-electron chi connectivity index (χ4n) is 1.13. The van der Waals surface area contributed by atoms with Gasteiger partial charge >= 0.3 is 0 Å². The van der Waals surface area contributed by atoms with Gasteiger partial charge in [0.05, 0.1) is 0 Å². The minimum Gasteiger partial charge on any atom is -0.398 e. The quantitative estimate of drug-likeness (QED) is 0.600. The van der Waals surface area contributed by atoms with Crippen LogP contribution >= 0.6 is 0 Å². The molecule has 0 spiro atoms. The van der Waals surface area contributed by atoms with Gasteiger partial charge in [-0.3, -0.25) is 0 Å². The van der Waals surface area contributed by atoms with E-state index in [9.17, 15) is 0 Å². The van der Waals surface area contributed by atoms with Gasteiger partial charge in [0.15, 0.2) is 0 Å². The molecule has 60 valence electrons. The number of benzene rings is 1. The number of hydrogen-bond donors (Lipinski definition) is 2. The normalized spacial score (nSPS) is 9.73. The van der Waals surface area contributed by atoms with Crippen LogP contribution in [-0.4, -0.2) is 7.05 Å². The van der Waals surface area contributed by atoms with Crippen molar-refractivity contribution in [2.75, 3.05) is 18.1 Å². The van der Waals surface area contributed by atoms with E-state index in [4.69, 9.17) is 5.73 Å². The van der Waals surface area contributed by atoms with Crippen LogP contribution in [0.2, 0.25) is 0 Å². The Hall–Kier alpha value is -1.18. The molecule has 0 unspecified atom stereocenters. The molecule has 0 saturated carbocycles. The lowest BCUT2D eigenvalue weighted by atomic mass is 10.1. The molecule has 0 aliphatic heterocycles. The fraction of sp³-hybridized carbons (Fsp3) is 0.333. The molecule has 0 heterocycles. The van der Waals surface area contributed by atoms with E-state index in [1.807, 2.05) is 33.0 Å². The van der Waals surface area contributed by atoms with Gasteiger partial charge in [-0.25, -0.2) is 0 Å². The molecule has 11 heavy (non-hydrogen) atoms. The minimum absolute atomic E-state index is 0.886. The predicted octanol–water partition coefficient (Wildman–Crippen LogP) is 1.93. The summed E-state index contributed by atoms with van der Waals surface area (Å²) in [6.45, 7) is 4.04. The number of nitrogens with two attached hydrogens (primary N) is 1. The summed E-state index contributed by atoms with van der Waals surface area (Å²) in [5.41, 5.74) is 10.1. The average Bonchev–Trinajstić information content (AvgIpc) is 2.01. The summed E-state index contributed by atoms with van der Waals surface area (Å²) in [7, 11) is 1.90. The van der Waals surface area contributed by atoms with Gasteiger partial charge in [0.25, 0.3) is 0 Å². The molecule has 0 atom stereocenters. The number of anilines is 2. The highest BCUT2D eigenvalue weighted by molar-refractivity contribution is 5.65. The standard InChI is InChI=1S/C9H14N2/c1-6-4-5-8(11-3)7(2)9(6)10/h4-5,11H,10H2,1-3H3. The molecule has 2 nitrogen and oxygen atoms in total. The van der Waals surface area contributed by atoms with E-state index >= 15 is 0 Å². The van der Waals surface area contributed by atoms with E-state index < -0.39 is 0 Å². The van der Waals surface area contributed by atoms with Crippen molar-refractivity contribution in [1.29, 1.82) is 0 Å². The van der Waals surface area contributed by atoms with Gasteiger partial charge in [-0.2, -0.15) is 0 Å². The van der Waals surface area contributed by atoms with Gasteiger partial charge in [-0.1, -0.05) is 6.07 Å². The zero-order valence-electron chi connectivity index (χ0n) is 7.23. The number of nitrogen functional groups attached to an aromatic ring is 1. The minimum atomic E-state index is 0.886. The molecule has 0 aliphatic rings. The maximum atomic E-state index is 5.82. The van der Waals surface area contributed by atoms with Gasteiger partial charge in [0.2, 0.25) is 0 Å². The second kappa shape index (κ2) is 2.82. The Kier molecular flexibility index (Phi) is 2.03. The van der Waals surface area contributed by atoms with Crippen molar-refractivity contribution >= 4 is 11.4 Å². The molecular weight excluding hydrogens is 136 g/mol. The van der Waals surface area contributed by atoms with Crippen LogP contribution in [0.4, 0.5) is 11.4 Å². The number of nitrogens with one attached hydrogen (secondary N) is 1. The Morgan fingerprint density at radius 2 is 1.91 bits per heavy atom. The molecule has 0 amide bonds. The second-order valence-electron chi connectivity index (χ2n) is 2.72. The zero-order chi connectivity index (χ0) is 8.43. The molecule has 0 fully saturated rings. The van der Waals surface area contributed by atoms with Crippen LogP contribution in [0.15, 0.2) is 12.1 Å². The van der Waals surface area contributed by atoms with Crippen molar-refractivity contribution in [3.63, 3.8) is 0 Å². The zero-order valence-corrected chi connectivity index (χ0v) is 7.23. The summed E-state index contributed by atoms with van der Waals surface area (Å²) < 4.78 is 0. The molecule has 1 aromatic carbocycles. The van der Waals surface area contributed by atoms with Crippen LogP contribution < -0.4 is 11.1 Å². The number of aryl methyl sites for hydroxylation is 1. The summed E-state index contributed by atoms with van der Waals surface area (Å²) >= 11 is 0. The third-order valence-corrected chi connectivity index (χ3v) is 2.00. The van der Waals surface area contributed by atoms with E-state index in [0.717, 1.165) is 22.5 Å². The lowest BCUT2D eigenvalue weighted by Crippen LogP contribution is -1.98. The summed E-state index contributed by atoms with van der Waals surface area (Å²) in [5, 5.41) is 3.08. The fourth-order valence-corrected chi connectivity index (χ4v) is 1.13. The summed E-state index contributed by atoms with van der Waals surface area (Å²) in [6.07, 6.45) is 0. The second-order valence-corrected chi connectivity index (χ2v) is 2.72. The van der Waals surface area contributed by atoms with Crippen molar-refractivity contribution in [3.05, 3.63) is 23.3 Å². The third-order valence-electron chi connectivity index (χ3n) is 2.00. The third kappa shape index (κ3) is 1.29. The van der Waals surface area contributed by atoms with Crippen molar-refractivity contribution in [1.82, 2.24) is 0 Å². The largest absolute Gasteiger partial charge is 0.398 e. The van der Waals surface area contributed by atoms with Gasteiger partial charge in [-0.05, 0) is 31.0 Å². The van der Waals surface area contributed by atoms with Gasteiger partial charge < -0.3 is 11.1 Å². The predicted molar refractivity (Wildman–Crippen MR) is 49.9 cm³/mol. The van der Waals surface area contributed by atoms with E-state index in [-0.39, 0.29) is 0 Å². The van der Waals surface area contributed by atoms with E-state index in [1.54, 1.807) is 0 Å². The highest BCUT2D eigenvalue weighted by Crippen LogP contribution is 2.23. The summed E-state index contributed by atoms with van der Waals surface area (Å²) in [6, 6.07) is 4.06. The van der Waals surface area contributed by atoms with Crippen LogP contribution in [0.3, 0.4) is 0 Å². The number of rotatable bonds is 1.